The number of hydrogen-bond donors (Lipinski definition) is 1. The van der Waals surface area contributed by atoms with Gasteiger partial charge >= 0.3 is 0 Å². The Labute approximate surface area is 188 Å². The first-order valence-electron chi connectivity index (χ1n) is 10.9. The van der Waals surface area contributed by atoms with Gasteiger partial charge in [0.25, 0.3) is 0 Å². The van der Waals surface area contributed by atoms with Crippen molar-refractivity contribution in [1.29, 1.82) is 5.26 Å². The van der Waals surface area contributed by atoms with Gasteiger partial charge < -0.3 is 15.0 Å². The summed E-state index contributed by atoms with van der Waals surface area (Å²) in [5, 5.41) is 13.6. The Morgan fingerprint density at radius 3 is 2.50 bits per heavy atom. The highest BCUT2D eigenvalue weighted by Gasteiger charge is 2.54. The summed E-state index contributed by atoms with van der Waals surface area (Å²) in [4.78, 5) is 15.7. The van der Waals surface area contributed by atoms with Crippen LogP contribution in [0, 0.1) is 11.3 Å². The molecule has 5 rings (SSSR count). The minimum atomic E-state index is -0.667. The lowest BCUT2D eigenvalue weighted by Gasteiger charge is -2.23. The minimum Gasteiger partial charge on any atom is -0.497 e. The molecule has 0 aromatic heterocycles. The number of nitrogens with zero attached hydrogens (tertiary/aromatic N) is 2. The molecule has 5 nitrogen and oxygen atoms in total. The van der Waals surface area contributed by atoms with Crippen LogP contribution in [0.25, 0.3) is 0 Å². The van der Waals surface area contributed by atoms with Crippen molar-refractivity contribution < 1.29 is 9.53 Å². The highest BCUT2D eigenvalue weighted by atomic mass is 16.5. The molecule has 0 aliphatic carbocycles. The zero-order valence-electron chi connectivity index (χ0n) is 18.1. The fourth-order valence-electron chi connectivity index (χ4n) is 5.07. The molecule has 1 amide bonds. The average Bonchev–Trinajstić information content (AvgIpc) is 3.41. The Kier molecular flexibility index (Phi) is 5.16. The van der Waals surface area contributed by atoms with Crippen LogP contribution in [-0.2, 0) is 23.2 Å². The fraction of sp³-hybridized carbons (Fsp3) is 0.259. The maximum atomic E-state index is 13.8. The summed E-state index contributed by atoms with van der Waals surface area (Å²) >= 11 is 0. The number of anilines is 1. The first kappa shape index (κ1) is 20.3. The van der Waals surface area contributed by atoms with Crippen molar-refractivity contribution in [3.8, 4) is 11.8 Å². The molecule has 1 fully saturated rings. The molecule has 2 heterocycles. The van der Waals surface area contributed by atoms with E-state index in [9.17, 15) is 10.1 Å². The standard InChI is InChI=1S/C27H25N3O2/c1-32-22-10-7-20(8-11-22)17-30-24-12-9-21(15-19-5-3-2-4-6-19)23(16-28)25(24)27(26(30)31)13-14-29-18-27/h2-12,29H,13-15,17-18H2,1H3/t27-/m0/s1. The van der Waals surface area contributed by atoms with Gasteiger partial charge in [-0.15, -0.1) is 0 Å². The second-order valence-corrected chi connectivity index (χ2v) is 8.52. The first-order chi connectivity index (χ1) is 15.7. The van der Waals surface area contributed by atoms with Gasteiger partial charge in [-0.3, -0.25) is 4.79 Å². The molecule has 0 unspecified atom stereocenters. The SMILES string of the molecule is COc1ccc(CN2C(=O)[C@]3(CCNC3)c3c2ccc(Cc2ccccc2)c3C#N)cc1. The molecule has 1 spiro atoms. The van der Waals surface area contributed by atoms with Crippen LogP contribution in [0.5, 0.6) is 5.75 Å². The fourth-order valence-corrected chi connectivity index (χ4v) is 5.07. The van der Waals surface area contributed by atoms with E-state index in [2.05, 4.69) is 23.5 Å². The van der Waals surface area contributed by atoms with E-state index in [4.69, 9.17) is 4.74 Å². The van der Waals surface area contributed by atoms with Gasteiger partial charge in [-0.2, -0.15) is 5.26 Å². The molecule has 2 aliphatic heterocycles. The molecular formula is C27H25N3O2. The second kappa shape index (κ2) is 8.14. The van der Waals surface area contributed by atoms with Gasteiger partial charge in [0.15, 0.2) is 0 Å². The monoisotopic (exact) mass is 423 g/mol. The van der Waals surface area contributed by atoms with E-state index in [-0.39, 0.29) is 5.91 Å². The summed E-state index contributed by atoms with van der Waals surface area (Å²) in [6.07, 6.45) is 1.38. The van der Waals surface area contributed by atoms with Gasteiger partial charge in [-0.05, 0) is 54.3 Å². The highest BCUT2D eigenvalue weighted by molar-refractivity contribution is 6.09. The van der Waals surface area contributed by atoms with Gasteiger partial charge in [0, 0.05) is 17.8 Å². The van der Waals surface area contributed by atoms with Crippen LogP contribution in [0.3, 0.4) is 0 Å². The summed E-state index contributed by atoms with van der Waals surface area (Å²) in [6, 6.07) is 24.5. The molecule has 1 atom stereocenters. The van der Waals surface area contributed by atoms with Crippen molar-refractivity contribution in [2.24, 2.45) is 0 Å². The number of nitriles is 1. The van der Waals surface area contributed by atoms with Crippen molar-refractivity contribution in [2.45, 2.75) is 24.8 Å². The van der Waals surface area contributed by atoms with E-state index in [0.29, 0.717) is 31.5 Å². The predicted octanol–water partition coefficient (Wildman–Crippen LogP) is 3.94. The lowest BCUT2D eigenvalue weighted by molar-refractivity contribution is -0.122. The van der Waals surface area contributed by atoms with E-state index < -0.39 is 5.41 Å². The molecule has 3 aromatic rings. The molecule has 5 heteroatoms. The summed E-state index contributed by atoms with van der Waals surface area (Å²) in [6.45, 7) is 1.82. The molecule has 160 valence electrons. The predicted molar refractivity (Wildman–Crippen MR) is 124 cm³/mol. The normalized spacial score (nSPS) is 19.2. The number of rotatable bonds is 5. The Hall–Kier alpha value is -3.62. The van der Waals surface area contributed by atoms with Crippen LogP contribution in [0.15, 0.2) is 66.7 Å². The van der Waals surface area contributed by atoms with Gasteiger partial charge in [0.1, 0.15) is 5.75 Å². The quantitative estimate of drug-likeness (QED) is 0.675. The Morgan fingerprint density at radius 1 is 1.06 bits per heavy atom. The Bertz CT molecular complexity index is 1190. The summed E-state index contributed by atoms with van der Waals surface area (Å²) in [5.74, 6) is 0.873. The van der Waals surface area contributed by atoms with E-state index >= 15 is 0 Å². The summed E-state index contributed by atoms with van der Waals surface area (Å²) in [7, 11) is 1.64. The molecule has 1 saturated heterocycles. The van der Waals surface area contributed by atoms with E-state index in [1.165, 1.54) is 0 Å². The number of nitrogens with one attached hydrogen (secondary N) is 1. The van der Waals surface area contributed by atoms with Crippen molar-refractivity contribution in [2.75, 3.05) is 25.1 Å². The van der Waals surface area contributed by atoms with Gasteiger partial charge in [0.05, 0.1) is 30.7 Å². The van der Waals surface area contributed by atoms with E-state index in [0.717, 1.165) is 40.2 Å². The van der Waals surface area contributed by atoms with E-state index in [1.807, 2.05) is 59.5 Å². The zero-order valence-corrected chi connectivity index (χ0v) is 18.1. The lowest BCUT2D eigenvalue weighted by atomic mass is 9.77. The molecular weight excluding hydrogens is 398 g/mol. The third-order valence-electron chi connectivity index (χ3n) is 6.70. The molecule has 0 saturated carbocycles. The number of fused-ring (bicyclic) bond motifs is 2. The second-order valence-electron chi connectivity index (χ2n) is 8.52. The Balaban J connectivity index is 1.59. The minimum absolute atomic E-state index is 0.0849. The number of hydrogen-bond acceptors (Lipinski definition) is 4. The molecule has 3 aromatic carbocycles. The van der Waals surface area contributed by atoms with Crippen molar-refractivity contribution in [3.05, 3.63) is 94.5 Å². The number of ether oxygens (including phenoxy) is 1. The van der Waals surface area contributed by atoms with E-state index in [1.54, 1.807) is 7.11 Å². The van der Waals surface area contributed by atoms with Crippen LogP contribution in [0.1, 0.15) is 34.2 Å². The largest absolute Gasteiger partial charge is 0.497 e. The average molecular weight is 424 g/mol. The van der Waals surface area contributed by atoms with Crippen molar-refractivity contribution >= 4 is 11.6 Å². The van der Waals surface area contributed by atoms with Gasteiger partial charge in [-0.1, -0.05) is 48.5 Å². The van der Waals surface area contributed by atoms with Crippen LogP contribution in [0.2, 0.25) is 0 Å². The maximum absolute atomic E-state index is 13.8. The summed E-state index contributed by atoms with van der Waals surface area (Å²) < 4.78 is 5.26. The molecule has 2 aliphatic rings. The summed E-state index contributed by atoms with van der Waals surface area (Å²) in [5.41, 5.74) is 4.91. The number of carbonyl (C=O) groups excluding carboxylic acids is 1. The van der Waals surface area contributed by atoms with Crippen molar-refractivity contribution in [1.82, 2.24) is 5.32 Å². The highest BCUT2D eigenvalue weighted by Crippen LogP contribution is 2.48. The maximum Gasteiger partial charge on any atom is 0.239 e. The number of carbonyl (C=O) groups is 1. The Morgan fingerprint density at radius 2 is 1.84 bits per heavy atom. The lowest BCUT2D eigenvalue weighted by Crippen LogP contribution is -2.41. The third-order valence-corrected chi connectivity index (χ3v) is 6.70. The van der Waals surface area contributed by atoms with Crippen LogP contribution in [-0.4, -0.2) is 26.1 Å². The third kappa shape index (κ3) is 3.24. The zero-order chi connectivity index (χ0) is 22.1. The topological polar surface area (TPSA) is 65.4 Å². The van der Waals surface area contributed by atoms with Crippen molar-refractivity contribution in [3.63, 3.8) is 0 Å². The van der Waals surface area contributed by atoms with Crippen LogP contribution in [0.4, 0.5) is 5.69 Å². The van der Waals surface area contributed by atoms with Gasteiger partial charge in [0.2, 0.25) is 5.91 Å². The smallest absolute Gasteiger partial charge is 0.239 e. The molecule has 1 N–H and O–H groups in total. The molecule has 0 bridgehead atoms. The van der Waals surface area contributed by atoms with Gasteiger partial charge in [-0.25, -0.2) is 0 Å². The van der Waals surface area contributed by atoms with Crippen LogP contribution >= 0.6 is 0 Å². The molecule has 32 heavy (non-hydrogen) atoms. The number of methoxy groups -OCH3 is 1. The molecule has 0 radical (unpaired) electrons. The number of amides is 1. The van der Waals surface area contributed by atoms with Crippen LogP contribution < -0.4 is 15.0 Å². The first-order valence-corrected chi connectivity index (χ1v) is 10.9. The number of benzene rings is 3.